The van der Waals surface area contributed by atoms with Crippen LogP contribution in [0.1, 0.15) is 18.0 Å². The van der Waals surface area contributed by atoms with Crippen LogP contribution in [0.5, 0.6) is 0 Å². The number of amides is 1. The third-order valence-corrected chi connectivity index (χ3v) is 2.26. The fourth-order valence-electron chi connectivity index (χ4n) is 1.62. The van der Waals surface area contributed by atoms with E-state index in [4.69, 9.17) is 5.73 Å². The fraction of sp³-hybridized carbons (Fsp3) is 0.333. The Kier molecular flexibility index (Phi) is 2.32. The fourth-order valence-corrected chi connectivity index (χ4v) is 1.62. The SMILES string of the molecule is NC(=O)CC1NCNc2cnccc21. The van der Waals surface area contributed by atoms with Gasteiger partial charge >= 0.3 is 0 Å². The van der Waals surface area contributed by atoms with Gasteiger partial charge in [-0.1, -0.05) is 0 Å². The molecule has 0 bridgehead atoms. The molecule has 4 N–H and O–H groups in total. The van der Waals surface area contributed by atoms with Crippen LogP contribution in [0.15, 0.2) is 18.5 Å². The monoisotopic (exact) mass is 192 g/mol. The van der Waals surface area contributed by atoms with Crippen LogP contribution in [0.3, 0.4) is 0 Å². The average molecular weight is 192 g/mol. The molecule has 1 aromatic heterocycles. The van der Waals surface area contributed by atoms with E-state index >= 15 is 0 Å². The molecule has 0 spiro atoms. The summed E-state index contributed by atoms with van der Waals surface area (Å²) in [7, 11) is 0. The lowest BCUT2D eigenvalue weighted by molar-refractivity contribution is -0.118. The number of primary amides is 1. The molecule has 0 fully saturated rings. The van der Waals surface area contributed by atoms with Crippen molar-refractivity contribution in [1.82, 2.24) is 10.3 Å². The molecule has 74 valence electrons. The van der Waals surface area contributed by atoms with E-state index in [9.17, 15) is 4.79 Å². The minimum atomic E-state index is -0.299. The molecule has 0 radical (unpaired) electrons. The lowest BCUT2D eigenvalue weighted by Gasteiger charge is -2.26. The summed E-state index contributed by atoms with van der Waals surface area (Å²) >= 11 is 0. The Morgan fingerprint density at radius 1 is 1.71 bits per heavy atom. The van der Waals surface area contributed by atoms with Crippen molar-refractivity contribution >= 4 is 11.6 Å². The van der Waals surface area contributed by atoms with E-state index in [1.165, 1.54) is 0 Å². The van der Waals surface area contributed by atoms with Gasteiger partial charge in [-0.05, 0) is 11.6 Å². The number of carbonyl (C=O) groups is 1. The zero-order valence-corrected chi connectivity index (χ0v) is 7.66. The zero-order chi connectivity index (χ0) is 9.97. The molecular formula is C9H12N4O. The molecule has 14 heavy (non-hydrogen) atoms. The standard InChI is InChI=1S/C9H12N4O/c10-9(14)3-7-6-1-2-11-4-8(6)13-5-12-7/h1-2,4,7,12-13H,3,5H2,(H2,10,14). The van der Waals surface area contributed by atoms with E-state index in [2.05, 4.69) is 15.6 Å². The Balaban J connectivity index is 2.26. The number of hydrogen-bond acceptors (Lipinski definition) is 4. The highest BCUT2D eigenvalue weighted by Gasteiger charge is 2.20. The first-order valence-corrected chi connectivity index (χ1v) is 4.47. The number of hydrogen-bond donors (Lipinski definition) is 3. The largest absolute Gasteiger partial charge is 0.371 e. The van der Waals surface area contributed by atoms with Gasteiger partial charge in [-0.3, -0.25) is 15.1 Å². The van der Waals surface area contributed by atoms with Crippen LogP contribution in [-0.4, -0.2) is 17.6 Å². The Labute approximate surface area is 81.7 Å². The van der Waals surface area contributed by atoms with E-state index in [0.717, 1.165) is 11.3 Å². The molecule has 0 aromatic carbocycles. The first-order valence-electron chi connectivity index (χ1n) is 4.47. The summed E-state index contributed by atoms with van der Waals surface area (Å²) in [6.07, 6.45) is 3.78. The van der Waals surface area contributed by atoms with Crippen molar-refractivity contribution in [2.75, 3.05) is 12.0 Å². The Morgan fingerprint density at radius 3 is 3.36 bits per heavy atom. The maximum atomic E-state index is 10.8. The lowest BCUT2D eigenvalue weighted by Crippen LogP contribution is -2.35. The molecule has 1 amide bonds. The summed E-state index contributed by atoms with van der Waals surface area (Å²) in [5, 5.41) is 6.31. The number of fused-ring (bicyclic) bond motifs is 1. The Bertz CT molecular complexity index is 352. The quantitative estimate of drug-likeness (QED) is 0.614. The third kappa shape index (κ3) is 1.67. The highest BCUT2D eigenvalue weighted by atomic mass is 16.1. The van der Waals surface area contributed by atoms with E-state index in [-0.39, 0.29) is 11.9 Å². The number of nitrogens with one attached hydrogen (secondary N) is 2. The second-order valence-corrected chi connectivity index (χ2v) is 3.24. The molecule has 5 nitrogen and oxygen atoms in total. The molecule has 2 rings (SSSR count). The van der Waals surface area contributed by atoms with Crippen molar-refractivity contribution in [3.63, 3.8) is 0 Å². The average Bonchev–Trinajstić information content (AvgIpc) is 2.18. The van der Waals surface area contributed by atoms with Gasteiger partial charge in [-0.15, -0.1) is 0 Å². The van der Waals surface area contributed by atoms with Crippen molar-refractivity contribution < 1.29 is 4.79 Å². The highest BCUT2D eigenvalue weighted by molar-refractivity contribution is 5.75. The van der Waals surface area contributed by atoms with Crippen molar-refractivity contribution in [3.8, 4) is 0 Å². The van der Waals surface area contributed by atoms with Gasteiger partial charge in [-0.2, -0.15) is 0 Å². The van der Waals surface area contributed by atoms with Gasteiger partial charge in [0.1, 0.15) is 0 Å². The number of rotatable bonds is 2. The van der Waals surface area contributed by atoms with Crippen LogP contribution in [0, 0.1) is 0 Å². The number of carbonyl (C=O) groups excluding carboxylic acids is 1. The van der Waals surface area contributed by atoms with Crippen molar-refractivity contribution in [1.29, 1.82) is 0 Å². The molecule has 1 unspecified atom stereocenters. The highest BCUT2D eigenvalue weighted by Crippen LogP contribution is 2.26. The summed E-state index contributed by atoms with van der Waals surface area (Å²) in [5.41, 5.74) is 7.18. The van der Waals surface area contributed by atoms with Crippen LogP contribution < -0.4 is 16.4 Å². The van der Waals surface area contributed by atoms with E-state index in [1.807, 2.05) is 6.07 Å². The number of aromatic nitrogens is 1. The van der Waals surface area contributed by atoms with Gasteiger partial charge in [0, 0.05) is 18.7 Å². The minimum Gasteiger partial charge on any atom is -0.371 e. The van der Waals surface area contributed by atoms with Crippen molar-refractivity contribution in [3.05, 3.63) is 24.0 Å². The molecule has 1 aliphatic rings. The second-order valence-electron chi connectivity index (χ2n) is 3.24. The topological polar surface area (TPSA) is 80.0 Å². The summed E-state index contributed by atoms with van der Waals surface area (Å²) in [4.78, 5) is 14.8. The maximum absolute atomic E-state index is 10.8. The summed E-state index contributed by atoms with van der Waals surface area (Å²) in [6, 6.07) is 1.90. The van der Waals surface area contributed by atoms with Gasteiger partial charge in [0.25, 0.3) is 0 Å². The molecule has 1 aliphatic heterocycles. The number of anilines is 1. The second kappa shape index (κ2) is 3.63. The molecule has 1 atom stereocenters. The molecule has 0 saturated carbocycles. The van der Waals surface area contributed by atoms with Crippen LogP contribution in [0.25, 0.3) is 0 Å². The van der Waals surface area contributed by atoms with Crippen molar-refractivity contribution in [2.24, 2.45) is 5.73 Å². The van der Waals surface area contributed by atoms with Crippen LogP contribution >= 0.6 is 0 Å². The van der Waals surface area contributed by atoms with Gasteiger partial charge in [0.2, 0.25) is 5.91 Å². The van der Waals surface area contributed by atoms with E-state index in [0.29, 0.717) is 13.1 Å². The smallest absolute Gasteiger partial charge is 0.219 e. The summed E-state index contributed by atoms with van der Waals surface area (Å²) in [5.74, 6) is -0.299. The first-order chi connectivity index (χ1) is 6.77. The van der Waals surface area contributed by atoms with Crippen LogP contribution in [-0.2, 0) is 4.79 Å². The molecule has 5 heteroatoms. The Hall–Kier alpha value is -1.62. The molecule has 0 saturated heterocycles. The maximum Gasteiger partial charge on any atom is 0.219 e. The molecule has 2 heterocycles. The molecular weight excluding hydrogens is 180 g/mol. The van der Waals surface area contributed by atoms with Crippen molar-refractivity contribution in [2.45, 2.75) is 12.5 Å². The number of nitrogens with two attached hydrogens (primary N) is 1. The number of pyridine rings is 1. The lowest BCUT2D eigenvalue weighted by atomic mass is 10.0. The van der Waals surface area contributed by atoms with Crippen LogP contribution in [0.2, 0.25) is 0 Å². The first kappa shape index (κ1) is 8.96. The van der Waals surface area contributed by atoms with Gasteiger partial charge in [-0.25, -0.2) is 0 Å². The summed E-state index contributed by atoms with van der Waals surface area (Å²) < 4.78 is 0. The van der Waals surface area contributed by atoms with Gasteiger partial charge in [0.05, 0.1) is 18.6 Å². The normalized spacial score (nSPS) is 19.6. The van der Waals surface area contributed by atoms with E-state index < -0.39 is 0 Å². The Morgan fingerprint density at radius 2 is 2.57 bits per heavy atom. The minimum absolute atomic E-state index is 0.00625. The predicted molar refractivity (Wildman–Crippen MR) is 52.4 cm³/mol. The molecule has 1 aromatic rings. The third-order valence-electron chi connectivity index (χ3n) is 2.26. The predicted octanol–water partition coefficient (Wildman–Crippen LogP) is -0.0293. The number of nitrogens with zero attached hydrogens (tertiary/aromatic N) is 1. The zero-order valence-electron chi connectivity index (χ0n) is 7.66. The van der Waals surface area contributed by atoms with Gasteiger partial charge in [0.15, 0.2) is 0 Å². The van der Waals surface area contributed by atoms with Gasteiger partial charge < -0.3 is 11.1 Å². The van der Waals surface area contributed by atoms with E-state index in [1.54, 1.807) is 12.4 Å². The molecule has 0 aliphatic carbocycles. The summed E-state index contributed by atoms with van der Waals surface area (Å²) in [6.45, 7) is 0.636. The van der Waals surface area contributed by atoms with Crippen LogP contribution in [0.4, 0.5) is 5.69 Å².